The fraction of sp³-hybridized carbons (Fsp3) is 0.148. The lowest BCUT2D eigenvalue weighted by molar-refractivity contribution is 0.413. The number of sulfonamides is 1. The lowest BCUT2D eigenvalue weighted by atomic mass is 10.1. The van der Waals surface area contributed by atoms with E-state index < -0.39 is 10.0 Å². The SMILES string of the molecule is COc1ccc(NS(=O)(=O)c2ccc(-c3cnc4[nH]c(CCc5cc(OC)ccn5)nc4c3)cc2)cc1. The molecule has 0 atom stereocenters. The van der Waals surface area contributed by atoms with Crippen LogP contribution < -0.4 is 14.2 Å². The molecule has 2 N–H and O–H groups in total. The number of aryl methyl sites for hydroxylation is 2. The molecule has 0 saturated heterocycles. The second kappa shape index (κ2) is 10.3. The number of methoxy groups -OCH3 is 2. The van der Waals surface area contributed by atoms with Crippen LogP contribution in [-0.4, -0.2) is 42.6 Å². The lowest BCUT2D eigenvalue weighted by Gasteiger charge is -2.09. The minimum Gasteiger partial charge on any atom is -0.497 e. The number of aromatic amines is 1. The monoisotopic (exact) mass is 515 g/mol. The molecule has 9 nitrogen and oxygen atoms in total. The van der Waals surface area contributed by atoms with Gasteiger partial charge in [0, 0.05) is 41.8 Å². The van der Waals surface area contributed by atoms with Gasteiger partial charge >= 0.3 is 0 Å². The van der Waals surface area contributed by atoms with Gasteiger partial charge in [-0.05, 0) is 60.5 Å². The molecule has 0 amide bonds. The van der Waals surface area contributed by atoms with Gasteiger partial charge in [-0.3, -0.25) is 9.71 Å². The number of nitrogens with one attached hydrogen (secondary N) is 2. The molecule has 0 aliphatic carbocycles. The van der Waals surface area contributed by atoms with Crippen LogP contribution in [0.5, 0.6) is 11.5 Å². The third kappa shape index (κ3) is 5.54. The van der Waals surface area contributed by atoms with Crippen molar-refractivity contribution in [1.29, 1.82) is 0 Å². The van der Waals surface area contributed by atoms with Gasteiger partial charge in [0.2, 0.25) is 0 Å². The lowest BCUT2D eigenvalue weighted by Crippen LogP contribution is -2.12. The van der Waals surface area contributed by atoms with E-state index in [2.05, 4.69) is 24.7 Å². The number of hydrogen-bond donors (Lipinski definition) is 2. The first-order valence-electron chi connectivity index (χ1n) is 11.5. The molecule has 0 spiro atoms. The molecular formula is C27H25N5O4S. The molecule has 188 valence electrons. The number of anilines is 1. The molecule has 3 aromatic heterocycles. The summed E-state index contributed by atoms with van der Waals surface area (Å²) in [6.07, 6.45) is 4.86. The van der Waals surface area contributed by atoms with E-state index in [9.17, 15) is 8.42 Å². The number of aromatic nitrogens is 4. The van der Waals surface area contributed by atoms with E-state index in [4.69, 9.17) is 9.47 Å². The Morgan fingerprint density at radius 2 is 1.59 bits per heavy atom. The van der Waals surface area contributed by atoms with Gasteiger partial charge in [0.1, 0.15) is 22.8 Å². The molecule has 0 bridgehead atoms. The highest BCUT2D eigenvalue weighted by Crippen LogP contribution is 2.25. The zero-order valence-corrected chi connectivity index (χ0v) is 21.1. The maximum atomic E-state index is 12.8. The van der Waals surface area contributed by atoms with Crippen molar-refractivity contribution < 1.29 is 17.9 Å². The number of fused-ring (bicyclic) bond motifs is 1. The van der Waals surface area contributed by atoms with E-state index in [-0.39, 0.29) is 4.90 Å². The molecule has 5 rings (SSSR count). The summed E-state index contributed by atoms with van der Waals surface area (Å²) in [5.41, 5.74) is 4.49. The van der Waals surface area contributed by atoms with Gasteiger partial charge in [-0.15, -0.1) is 0 Å². The number of pyridine rings is 2. The number of benzene rings is 2. The van der Waals surface area contributed by atoms with Crippen LogP contribution >= 0.6 is 0 Å². The van der Waals surface area contributed by atoms with Gasteiger partial charge in [0.15, 0.2) is 5.65 Å². The average molecular weight is 516 g/mol. The highest BCUT2D eigenvalue weighted by atomic mass is 32.2. The molecule has 10 heteroatoms. The van der Waals surface area contributed by atoms with Crippen molar-refractivity contribution in [2.24, 2.45) is 0 Å². The molecule has 0 radical (unpaired) electrons. The summed E-state index contributed by atoms with van der Waals surface area (Å²) >= 11 is 0. The van der Waals surface area contributed by atoms with Crippen LogP contribution in [0.15, 0.2) is 84.0 Å². The third-order valence-corrected chi connectivity index (χ3v) is 7.26. The fourth-order valence-electron chi connectivity index (χ4n) is 3.89. The van der Waals surface area contributed by atoms with E-state index in [0.717, 1.165) is 33.9 Å². The Hall–Kier alpha value is -4.44. The van der Waals surface area contributed by atoms with E-state index >= 15 is 0 Å². The Balaban J connectivity index is 1.30. The summed E-state index contributed by atoms with van der Waals surface area (Å²) in [5, 5.41) is 0. The van der Waals surface area contributed by atoms with Gasteiger partial charge in [-0.1, -0.05) is 12.1 Å². The Morgan fingerprint density at radius 1 is 0.838 bits per heavy atom. The highest BCUT2D eigenvalue weighted by molar-refractivity contribution is 7.92. The normalized spacial score (nSPS) is 11.4. The molecular weight excluding hydrogens is 490 g/mol. The topological polar surface area (TPSA) is 119 Å². The van der Waals surface area contributed by atoms with Gasteiger partial charge in [-0.2, -0.15) is 0 Å². The number of nitrogens with zero attached hydrogens (tertiary/aromatic N) is 3. The summed E-state index contributed by atoms with van der Waals surface area (Å²) in [6.45, 7) is 0. The van der Waals surface area contributed by atoms with Crippen LogP contribution in [0.4, 0.5) is 5.69 Å². The molecule has 0 aliphatic heterocycles. The first kappa shape index (κ1) is 24.3. The van der Waals surface area contributed by atoms with Crippen LogP contribution in [0.25, 0.3) is 22.3 Å². The zero-order chi connectivity index (χ0) is 25.8. The Bertz CT molecular complexity index is 1630. The highest BCUT2D eigenvalue weighted by Gasteiger charge is 2.15. The summed E-state index contributed by atoms with van der Waals surface area (Å²) in [5.74, 6) is 2.24. The van der Waals surface area contributed by atoms with Crippen LogP contribution in [-0.2, 0) is 22.9 Å². The van der Waals surface area contributed by atoms with Gasteiger partial charge in [0.25, 0.3) is 10.0 Å². The first-order chi connectivity index (χ1) is 17.9. The average Bonchev–Trinajstić information content (AvgIpc) is 3.34. The maximum absolute atomic E-state index is 12.8. The minimum atomic E-state index is -3.73. The van der Waals surface area contributed by atoms with Crippen molar-refractivity contribution in [2.75, 3.05) is 18.9 Å². The summed E-state index contributed by atoms with van der Waals surface area (Å²) in [7, 11) is -0.545. The molecule has 3 heterocycles. The summed E-state index contributed by atoms with van der Waals surface area (Å²) < 4.78 is 38.5. The number of imidazole rings is 1. The molecule has 37 heavy (non-hydrogen) atoms. The fourth-order valence-corrected chi connectivity index (χ4v) is 4.95. The van der Waals surface area contributed by atoms with Crippen molar-refractivity contribution >= 4 is 26.9 Å². The van der Waals surface area contributed by atoms with Gasteiger partial charge < -0.3 is 14.5 Å². The predicted molar refractivity (Wildman–Crippen MR) is 141 cm³/mol. The number of ether oxygens (including phenoxy) is 2. The van der Waals surface area contributed by atoms with Gasteiger partial charge in [-0.25, -0.2) is 18.4 Å². The Kier molecular flexibility index (Phi) is 6.74. The molecule has 5 aromatic rings. The smallest absolute Gasteiger partial charge is 0.261 e. The number of hydrogen-bond acceptors (Lipinski definition) is 7. The molecule has 0 aliphatic rings. The number of rotatable bonds is 9. The predicted octanol–water partition coefficient (Wildman–Crippen LogP) is 4.62. The quantitative estimate of drug-likeness (QED) is 0.294. The van der Waals surface area contributed by atoms with Crippen LogP contribution in [0.3, 0.4) is 0 Å². The number of H-pyrrole nitrogens is 1. The standard InChI is InChI=1S/C27H25N5O4S/c1-35-22-8-5-20(6-9-22)32-37(33,34)24-10-3-18(4-11-24)19-15-25-27(29-17-19)31-26(30-25)12-7-21-16-23(36-2)13-14-28-21/h3-6,8-11,13-17,32H,7,12H2,1-2H3,(H,29,30,31). The van der Waals surface area contributed by atoms with Crippen LogP contribution in [0.2, 0.25) is 0 Å². The van der Waals surface area contributed by atoms with E-state index in [1.807, 2.05) is 18.2 Å². The first-order valence-corrected chi connectivity index (χ1v) is 13.0. The van der Waals surface area contributed by atoms with Crippen LogP contribution in [0.1, 0.15) is 11.5 Å². The van der Waals surface area contributed by atoms with Crippen LogP contribution in [0, 0.1) is 0 Å². The Morgan fingerprint density at radius 3 is 2.32 bits per heavy atom. The molecule has 0 saturated carbocycles. The Labute approximate surface area is 214 Å². The van der Waals surface area contributed by atoms with Crippen molar-refractivity contribution in [2.45, 2.75) is 17.7 Å². The third-order valence-electron chi connectivity index (χ3n) is 5.87. The molecule has 2 aromatic carbocycles. The molecule has 0 fully saturated rings. The van der Waals surface area contributed by atoms with Crippen molar-refractivity contribution in [3.63, 3.8) is 0 Å². The summed E-state index contributed by atoms with van der Waals surface area (Å²) in [4.78, 5) is 17.0. The zero-order valence-electron chi connectivity index (χ0n) is 20.3. The van der Waals surface area contributed by atoms with E-state index in [0.29, 0.717) is 29.9 Å². The van der Waals surface area contributed by atoms with E-state index in [1.165, 1.54) is 0 Å². The van der Waals surface area contributed by atoms with Gasteiger partial charge in [0.05, 0.1) is 19.1 Å². The molecule has 0 unspecified atom stereocenters. The second-order valence-corrected chi connectivity index (χ2v) is 10.0. The maximum Gasteiger partial charge on any atom is 0.261 e. The second-order valence-electron chi connectivity index (χ2n) is 8.32. The van der Waals surface area contributed by atoms with Crippen molar-refractivity contribution in [1.82, 2.24) is 19.9 Å². The van der Waals surface area contributed by atoms with Crippen molar-refractivity contribution in [3.05, 3.63) is 90.6 Å². The van der Waals surface area contributed by atoms with E-state index in [1.54, 1.807) is 75.1 Å². The minimum absolute atomic E-state index is 0.161. The van der Waals surface area contributed by atoms with Crippen molar-refractivity contribution in [3.8, 4) is 22.6 Å². The summed E-state index contributed by atoms with van der Waals surface area (Å²) in [6, 6.07) is 19.0. The largest absolute Gasteiger partial charge is 0.497 e.